The highest BCUT2D eigenvalue weighted by molar-refractivity contribution is 7.89. The van der Waals surface area contributed by atoms with Gasteiger partial charge in [0.05, 0.1) is 31.5 Å². The molecule has 1 aliphatic heterocycles. The Morgan fingerprint density at radius 2 is 2.29 bits per heavy atom. The third-order valence-electron chi connectivity index (χ3n) is 4.19. The smallest absolute Gasteiger partial charge is 0.323 e. The maximum absolute atomic E-state index is 12.0. The first-order valence-corrected chi connectivity index (χ1v) is 11.6. The molecule has 0 saturated heterocycles. The van der Waals surface area contributed by atoms with Crippen molar-refractivity contribution < 1.29 is 32.4 Å². The molecule has 14 heteroatoms. The van der Waals surface area contributed by atoms with Gasteiger partial charge in [0.2, 0.25) is 22.3 Å². The first-order chi connectivity index (χ1) is 14.8. The lowest BCUT2D eigenvalue weighted by Crippen LogP contribution is -2.48. The second-order valence-electron chi connectivity index (χ2n) is 6.73. The number of nitrogens with zero attached hydrogens (tertiary/aromatic N) is 3. The SMILES string of the molecule is CCCCS(=O)(=O)NC(CN(C=O)c1cc(OCCCNC2=NCCN2)no1)C(=O)O. The van der Waals surface area contributed by atoms with Gasteiger partial charge in [-0.15, -0.1) is 0 Å². The molecule has 0 radical (unpaired) electrons. The summed E-state index contributed by atoms with van der Waals surface area (Å²) in [5, 5.41) is 19.2. The van der Waals surface area contributed by atoms with Gasteiger partial charge in [0.15, 0.2) is 5.96 Å². The minimum atomic E-state index is -3.81. The molecule has 31 heavy (non-hydrogen) atoms. The second kappa shape index (κ2) is 12.1. The summed E-state index contributed by atoms with van der Waals surface area (Å²) < 4.78 is 36.6. The average molecular weight is 461 g/mol. The predicted octanol–water partition coefficient (Wildman–Crippen LogP) is -0.872. The molecule has 0 fully saturated rings. The number of anilines is 1. The summed E-state index contributed by atoms with van der Waals surface area (Å²) in [4.78, 5) is 28.0. The fourth-order valence-electron chi connectivity index (χ4n) is 2.58. The quantitative estimate of drug-likeness (QED) is 0.190. The third kappa shape index (κ3) is 8.41. The van der Waals surface area contributed by atoms with Gasteiger partial charge in [-0.05, 0) is 18.0 Å². The van der Waals surface area contributed by atoms with E-state index in [2.05, 4.69) is 25.5 Å². The molecular weight excluding hydrogens is 432 g/mol. The van der Waals surface area contributed by atoms with E-state index in [0.717, 1.165) is 23.9 Å². The van der Waals surface area contributed by atoms with Gasteiger partial charge in [-0.2, -0.15) is 4.72 Å². The minimum absolute atomic E-state index is 0.0633. The molecule has 1 unspecified atom stereocenters. The van der Waals surface area contributed by atoms with Gasteiger partial charge in [0, 0.05) is 13.1 Å². The van der Waals surface area contributed by atoms with E-state index in [9.17, 15) is 23.1 Å². The van der Waals surface area contributed by atoms with Crippen molar-refractivity contribution in [3.63, 3.8) is 0 Å². The topological polar surface area (TPSA) is 175 Å². The molecule has 2 rings (SSSR count). The molecule has 0 aliphatic carbocycles. The monoisotopic (exact) mass is 460 g/mol. The summed E-state index contributed by atoms with van der Waals surface area (Å²) in [7, 11) is -3.81. The van der Waals surface area contributed by atoms with Crippen LogP contribution in [0, 0.1) is 0 Å². The number of nitrogens with one attached hydrogen (secondary N) is 3. The van der Waals surface area contributed by atoms with Crippen LogP contribution in [-0.2, 0) is 19.6 Å². The van der Waals surface area contributed by atoms with Gasteiger partial charge >= 0.3 is 5.97 Å². The van der Waals surface area contributed by atoms with E-state index in [1.165, 1.54) is 6.07 Å². The van der Waals surface area contributed by atoms with Crippen molar-refractivity contribution in [2.75, 3.05) is 43.4 Å². The van der Waals surface area contributed by atoms with E-state index in [0.29, 0.717) is 38.8 Å². The zero-order valence-corrected chi connectivity index (χ0v) is 18.1. The van der Waals surface area contributed by atoms with E-state index in [4.69, 9.17) is 9.26 Å². The van der Waals surface area contributed by atoms with E-state index < -0.39 is 28.6 Å². The van der Waals surface area contributed by atoms with Crippen LogP contribution in [0.25, 0.3) is 0 Å². The number of aliphatic imine (C=N–C) groups is 1. The molecule has 0 spiro atoms. The number of rotatable bonds is 15. The third-order valence-corrected chi connectivity index (χ3v) is 5.66. The van der Waals surface area contributed by atoms with Crippen LogP contribution < -0.4 is 25.0 Å². The number of sulfonamides is 1. The largest absolute Gasteiger partial charge is 0.480 e. The number of aliphatic carboxylic acids is 1. The van der Waals surface area contributed by atoms with E-state index in [-0.39, 0.29) is 17.5 Å². The first kappa shape index (κ1) is 24.4. The lowest BCUT2D eigenvalue weighted by molar-refractivity contribution is -0.138. The van der Waals surface area contributed by atoms with Crippen LogP contribution in [0.15, 0.2) is 15.6 Å². The van der Waals surface area contributed by atoms with Gasteiger partial charge in [0.25, 0.3) is 5.88 Å². The van der Waals surface area contributed by atoms with Crippen LogP contribution in [0.4, 0.5) is 5.88 Å². The number of carboxylic acids is 1. The van der Waals surface area contributed by atoms with Crippen LogP contribution in [0.2, 0.25) is 0 Å². The Kier molecular flexibility index (Phi) is 9.52. The van der Waals surface area contributed by atoms with Crippen molar-refractivity contribution in [1.82, 2.24) is 20.5 Å². The van der Waals surface area contributed by atoms with E-state index >= 15 is 0 Å². The maximum atomic E-state index is 12.0. The normalized spacial score (nSPS) is 14.4. The van der Waals surface area contributed by atoms with Crippen molar-refractivity contribution in [2.24, 2.45) is 4.99 Å². The lowest BCUT2D eigenvalue weighted by Gasteiger charge is -2.20. The molecule has 2 heterocycles. The summed E-state index contributed by atoms with van der Waals surface area (Å²) in [6.45, 7) is 3.86. The molecule has 174 valence electrons. The van der Waals surface area contributed by atoms with Crippen LogP contribution in [0.3, 0.4) is 0 Å². The van der Waals surface area contributed by atoms with Crippen molar-refractivity contribution >= 4 is 34.2 Å². The van der Waals surface area contributed by atoms with Crippen molar-refractivity contribution in [3.8, 4) is 5.88 Å². The van der Waals surface area contributed by atoms with Gasteiger partial charge in [-0.25, -0.2) is 8.42 Å². The highest BCUT2D eigenvalue weighted by Gasteiger charge is 2.27. The van der Waals surface area contributed by atoms with Crippen LogP contribution in [0.5, 0.6) is 5.88 Å². The van der Waals surface area contributed by atoms with Gasteiger partial charge in [-0.3, -0.25) is 19.5 Å². The predicted molar refractivity (Wildman–Crippen MR) is 112 cm³/mol. The molecule has 0 saturated carbocycles. The van der Waals surface area contributed by atoms with Crippen molar-refractivity contribution in [1.29, 1.82) is 0 Å². The number of unbranched alkanes of at least 4 members (excludes halogenated alkanes) is 1. The number of guanidine groups is 1. The van der Waals surface area contributed by atoms with Crippen LogP contribution in [-0.4, -0.2) is 81.6 Å². The van der Waals surface area contributed by atoms with E-state index in [1.54, 1.807) is 0 Å². The van der Waals surface area contributed by atoms with Crippen molar-refractivity contribution in [2.45, 2.75) is 32.2 Å². The zero-order valence-electron chi connectivity index (χ0n) is 17.2. The number of carbonyl (C=O) groups is 2. The molecule has 0 aromatic carbocycles. The summed E-state index contributed by atoms with van der Waals surface area (Å²) >= 11 is 0. The average Bonchev–Trinajstić information content (AvgIpc) is 3.41. The molecule has 1 atom stereocenters. The second-order valence-corrected chi connectivity index (χ2v) is 8.60. The summed E-state index contributed by atoms with van der Waals surface area (Å²) in [5.41, 5.74) is 0. The van der Waals surface area contributed by atoms with Gasteiger partial charge < -0.3 is 25.0 Å². The van der Waals surface area contributed by atoms with Crippen LogP contribution >= 0.6 is 0 Å². The molecule has 13 nitrogen and oxygen atoms in total. The summed E-state index contributed by atoms with van der Waals surface area (Å²) in [6, 6.07) is -0.214. The maximum Gasteiger partial charge on any atom is 0.323 e. The number of hydrogen-bond donors (Lipinski definition) is 4. The van der Waals surface area contributed by atoms with E-state index in [1.807, 2.05) is 6.92 Å². The Hall–Kier alpha value is -2.87. The standard InChI is InChI=1S/C17H28N6O7S/c1-2-3-9-31(27,28)22-13(16(25)26)11-23(12-24)15-10-14(21-30-15)29-8-4-5-18-17-19-6-7-20-17/h10,12-13,22H,2-9,11H2,1H3,(H,25,26)(H2,18,19,20). The Labute approximate surface area is 180 Å². The highest BCUT2D eigenvalue weighted by Crippen LogP contribution is 2.20. The Morgan fingerprint density at radius 3 is 2.94 bits per heavy atom. The molecule has 1 aromatic rings. The molecular formula is C17H28N6O7S. The zero-order chi connectivity index (χ0) is 22.7. The fourth-order valence-corrected chi connectivity index (χ4v) is 3.98. The Balaban J connectivity index is 1.85. The molecule has 1 aromatic heterocycles. The fraction of sp³-hybridized carbons (Fsp3) is 0.647. The molecule has 1 amide bonds. The Bertz CT molecular complexity index is 857. The summed E-state index contributed by atoms with van der Waals surface area (Å²) in [6.07, 6.45) is 2.02. The number of ether oxygens (including phenoxy) is 1. The number of aromatic nitrogens is 1. The number of carboxylic acid groups (broad SMARTS) is 1. The lowest BCUT2D eigenvalue weighted by atomic mass is 10.3. The summed E-state index contributed by atoms with van der Waals surface area (Å²) in [5.74, 6) is -0.812. The highest BCUT2D eigenvalue weighted by atomic mass is 32.2. The van der Waals surface area contributed by atoms with Gasteiger partial charge in [0.1, 0.15) is 6.04 Å². The number of amides is 1. The molecule has 4 N–H and O–H groups in total. The van der Waals surface area contributed by atoms with Gasteiger partial charge in [-0.1, -0.05) is 13.3 Å². The Morgan fingerprint density at radius 1 is 1.48 bits per heavy atom. The molecule has 1 aliphatic rings. The number of hydrogen-bond acceptors (Lipinski definition) is 10. The molecule has 0 bridgehead atoms. The number of carbonyl (C=O) groups excluding carboxylic acids is 1. The first-order valence-electron chi connectivity index (χ1n) is 9.91. The van der Waals surface area contributed by atoms with Crippen LogP contribution in [0.1, 0.15) is 26.2 Å². The minimum Gasteiger partial charge on any atom is -0.480 e. The van der Waals surface area contributed by atoms with Crippen molar-refractivity contribution in [3.05, 3.63) is 6.07 Å².